The number of nitrogens with one attached hydrogen (secondary N) is 1. The van der Waals surface area contributed by atoms with E-state index in [0.717, 1.165) is 28.4 Å². The molecule has 3 N–H and O–H groups in total. The Hall–Kier alpha value is -2.75. The summed E-state index contributed by atoms with van der Waals surface area (Å²) in [5.74, 6) is 0.911. The zero-order valence-electron chi connectivity index (χ0n) is 14.3. The number of anilines is 1. The summed E-state index contributed by atoms with van der Waals surface area (Å²) in [5, 5.41) is 7.39. The number of nitrogen functional groups attached to an aromatic ring is 1. The maximum absolute atomic E-state index is 6.03. The number of nitrogens with two attached hydrogens (primary N) is 1. The van der Waals surface area contributed by atoms with E-state index in [1.165, 1.54) is 5.56 Å². The number of para-hydroxylation sites is 1. The Morgan fingerprint density at radius 2 is 1.75 bits per heavy atom. The van der Waals surface area contributed by atoms with E-state index >= 15 is 0 Å². The molecule has 3 aromatic rings. The molecule has 4 heteroatoms. The predicted molar refractivity (Wildman–Crippen MR) is 97.9 cm³/mol. The number of H-pyrrole nitrogens is 1. The van der Waals surface area contributed by atoms with Crippen molar-refractivity contribution >= 4 is 5.69 Å². The van der Waals surface area contributed by atoms with Crippen molar-refractivity contribution < 1.29 is 4.74 Å². The van der Waals surface area contributed by atoms with E-state index in [2.05, 4.69) is 37.0 Å². The van der Waals surface area contributed by atoms with Gasteiger partial charge in [-0.3, -0.25) is 5.10 Å². The molecule has 0 amide bonds. The minimum absolute atomic E-state index is 0.0414. The molecule has 0 spiro atoms. The zero-order valence-corrected chi connectivity index (χ0v) is 14.3. The van der Waals surface area contributed by atoms with Crippen LogP contribution in [0.4, 0.5) is 5.69 Å². The number of aromatic amines is 1. The van der Waals surface area contributed by atoms with Crippen LogP contribution in [0.2, 0.25) is 0 Å². The molecule has 0 bridgehead atoms. The number of aromatic nitrogens is 2. The van der Waals surface area contributed by atoms with Crippen molar-refractivity contribution in [2.75, 3.05) is 5.73 Å². The van der Waals surface area contributed by atoms with Gasteiger partial charge in [0.2, 0.25) is 0 Å². The number of hydrogen-bond donors (Lipinski definition) is 2. The van der Waals surface area contributed by atoms with Crippen molar-refractivity contribution in [2.24, 2.45) is 0 Å². The van der Waals surface area contributed by atoms with E-state index in [1.807, 2.05) is 48.5 Å². The molecule has 1 aromatic heterocycles. The Morgan fingerprint density at radius 1 is 1.04 bits per heavy atom. The molecule has 0 saturated carbocycles. The molecule has 3 rings (SSSR count). The van der Waals surface area contributed by atoms with Crippen LogP contribution in [-0.4, -0.2) is 10.2 Å². The standard InChI is InChI=1S/C20H23N3O/c1-20(2,3)17-6-4-5-7-19(17)24-13-16-12-18(23-22-16)14-8-10-15(21)11-9-14/h4-12H,13,21H2,1-3H3,(H,22,23). The lowest BCUT2D eigenvalue weighted by Gasteiger charge is -2.22. The molecule has 1 heterocycles. The van der Waals surface area contributed by atoms with E-state index in [4.69, 9.17) is 10.5 Å². The second-order valence-electron chi connectivity index (χ2n) is 6.94. The minimum atomic E-state index is 0.0414. The van der Waals surface area contributed by atoms with Gasteiger partial charge in [-0.05, 0) is 35.2 Å². The van der Waals surface area contributed by atoms with Crippen LogP contribution >= 0.6 is 0 Å². The third-order valence-corrected chi connectivity index (χ3v) is 3.92. The summed E-state index contributed by atoms with van der Waals surface area (Å²) in [7, 11) is 0. The van der Waals surface area contributed by atoms with Gasteiger partial charge in [-0.25, -0.2) is 0 Å². The quantitative estimate of drug-likeness (QED) is 0.694. The lowest BCUT2D eigenvalue weighted by Crippen LogP contribution is -2.13. The van der Waals surface area contributed by atoms with Crippen molar-refractivity contribution in [1.29, 1.82) is 0 Å². The molecule has 0 aliphatic carbocycles. The van der Waals surface area contributed by atoms with Crippen LogP contribution in [0.3, 0.4) is 0 Å². The topological polar surface area (TPSA) is 63.9 Å². The van der Waals surface area contributed by atoms with Crippen LogP contribution in [0.5, 0.6) is 5.75 Å². The Labute approximate surface area is 142 Å². The fourth-order valence-electron chi connectivity index (χ4n) is 2.60. The Kier molecular flexibility index (Phi) is 4.30. The van der Waals surface area contributed by atoms with Gasteiger partial charge >= 0.3 is 0 Å². The van der Waals surface area contributed by atoms with Crippen molar-refractivity contribution in [2.45, 2.75) is 32.8 Å². The third kappa shape index (κ3) is 3.59. The molecule has 0 saturated heterocycles. The van der Waals surface area contributed by atoms with Crippen LogP contribution in [0, 0.1) is 0 Å². The molecule has 0 fully saturated rings. The molecular formula is C20H23N3O. The first kappa shape index (κ1) is 16.1. The van der Waals surface area contributed by atoms with Crippen molar-refractivity contribution in [3.05, 3.63) is 65.9 Å². The lowest BCUT2D eigenvalue weighted by molar-refractivity contribution is 0.293. The minimum Gasteiger partial charge on any atom is -0.487 e. The van der Waals surface area contributed by atoms with Crippen LogP contribution in [0.25, 0.3) is 11.3 Å². The van der Waals surface area contributed by atoms with Gasteiger partial charge in [-0.15, -0.1) is 0 Å². The molecule has 124 valence electrons. The summed E-state index contributed by atoms with van der Waals surface area (Å²) in [6, 6.07) is 17.8. The highest BCUT2D eigenvalue weighted by atomic mass is 16.5. The van der Waals surface area contributed by atoms with Gasteiger partial charge in [-0.1, -0.05) is 51.1 Å². The first-order chi connectivity index (χ1) is 11.4. The van der Waals surface area contributed by atoms with Crippen LogP contribution in [0.15, 0.2) is 54.6 Å². The van der Waals surface area contributed by atoms with Crippen molar-refractivity contribution in [3.63, 3.8) is 0 Å². The Bertz CT molecular complexity index is 813. The molecule has 24 heavy (non-hydrogen) atoms. The Morgan fingerprint density at radius 3 is 2.46 bits per heavy atom. The van der Waals surface area contributed by atoms with Gasteiger partial charge in [0.15, 0.2) is 0 Å². The number of hydrogen-bond acceptors (Lipinski definition) is 3. The van der Waals surface area contributed by atoms with E-state index in [1.54, 1.807) is 0 Å². The normalized spacial score (nSPS) is 11.5. The summed E-state index contributed by atoms with van der Waals surface area (Å²) in [4.78, 5) is 0. The predicted octanol–water partition coefficient (Wildman–Crippen LogP) is 4.54. The zero-order chi connectivity index (χ0) is 17.2. The van der Waals surface area contributed by atoms with Crippen LogP contribution in [-0.2, 0) is 12.0 Å². The second-order valence-corrected chi connectivity index (χ2v) is 6.94. The average molecular weight is 321 g/mol. The highest BCUT2D eigenvalue weighted by molar-refractivity contribution is 5.61. The number of benzene rings is 2. The average Bonchev–Trinajstić information content (AvgIpc) is 3.02. The summed E-state index contributed by atoms with van der Waals surface area (Å²) in [6.45, 7) is 7.01. The molecule has 0 radical (unpaired) electrons. The van der Waals surface area contributed by atoms with E-state index in [9.17, 15) is 0 Å². The summed E-state index contributed by atoms with van der Waals surface area (Å²) < 4.78 is 6.03. The molecular weight excluding hydrogens is 298 g/mol. The highest BCUT2D eigenvalue weighted by Gasteiger charge is 2.18. The highest BCUT2D eigenvalue weighted by Crippen LogP contribution is 2.31. The molecule has 0 aliphatic heterocycles. The monoisotopic (exact) mass is 321 g/mol. The van der Waals surface area contributed by atoms with E-state index in [-0.39, 0.29) is 5.41 Å². The van der Waals surface area contributed by atoms with Gasteiger partial charge in [0.25, 0.3) is 0 Å². The first-order valence-corrected chi connectivity index (χ1v) is 8.06. The smallest absolute Gasteiger partial charge is 0.130 e. The largest absolute Gasteiger partial charge is 0.487 e. The van der Waals surface area contributed by atoms with Gasteiger partial charge < -0.3 is 10.5 Å². The number of ether oxygens (including phenoxy) is 1. The van der Waals surface area contributed by atoms with E-state index < -0.39 is 0 Å². The summed E-state index contributed by atoms with van der Waals surface area (Å²) in [5.41, 5.74) is 10.6. The SMILES string of the molecule is CC(C)(C)c1ccccc1OCc1cc(-c2ccc(N)cc2)n[nH]1. The molecule has 4 nitrogen and oxygen atoms in total. The van der Waals surface area contributed by atoms with Gasteiger partial charge in [0.05, 0.1) is 11.4 Å². The number of nitrogens with zero attached hydrogens (tertiary/aromatic N) is 1. The lowest BCUT2D eigenvalue weighted by atomic mass is 9.86. The summed E-state index contributed by atoms with van der Waals surface area (Å²) >= 11 is 0. The molecule has 0 unspecified atom stereocenters. The first-order valence-electron chi connectivity index (χ1n) is 8.06. The maximum atomic E-state index is 6.03. The van der Waals surface area contributed by atoms with E-state index in [0.29, 0.717) is 6.61 Å². The fourth-order valence-corrected chi connectivity index (χ4v) is 2.60. The van der Waals surface area contributed by atoms with Crippen LogP contribution < -0.4 is 10.5 Å². The number of rotatable bonds is 4. The Balaban J connectivity index is 1.74. The van der Waals surface area contributed by atoms with Gasteiger partial charge in [0, 0.05) is 11.3 Å². The molecule has 2 aromatic carbocycles. The van der Waals surface area contributed by atoms with Gasteiger partial charge in [0.1, 0.15) is 12.4 Å². The molecule has 0 atom stereocenters. The molecule has 0 aliphatic rings. The van der Waals surface area contributed by atoms with Crippen molar-refractivity contribution in [3.8, 4) is 17.0 Å². The van der Waals surface area contributed by atoms with Crippen molar-refractivity contribution in [1.82, 2.24) is 10.2 Å². The summed E-state index contributed by atoms with van der Waals surface area (Å²) in [6.07, 6.45) is 0. The third-order valence-electron chi connectivity index (χ3n) is 3.92. The maximum Gasteiger partial charge on any atom is 0.130 e. The van der Waals surface area contributed by atoms with Crippen LogP contribution in [0.1, 0.15) is 32.0 Å². The fraction of sp³-hybridized carbons (Fsp3) is 0.250. The second kappa shape index (κ2) is 6.40. The van der Waals surface area contributed by atoms with Gasteiger partial charge in [-0.2, -0.15) is 5.10 Å².